The molecule has 0 aromatic heterocycles. The number of hydrogen-bond donors (Lipinski definition) is 1. The minimum atomic E-state index is -3.38. The topological polar surface area (TPSA) is 79.0 Å². The molecule has 1 unspecified atom stereocenters. The first-order valence-corrected chi connectivity index (χ1v) is 13.7. The molecule has 0 bridgehead atoms. The highest BCUT2D eigenvalue weighted by Crippen LogP contribution is 2.42. The molecule has 34 heavy (non-hydrogen) atoms. The van der Waals surface area contributed by atoms with Gasteiger partial charge in [-0.1, -0.05) is 44.2 Å². The number of fused-ring (bicyclic) bond motifs is 1. The average molecular weight is 486 g/mol. The lowest BCUT2D eigenvalue weighted by atomic mass is 9.83. The molecule has 8 heteroatoms. The number of likely N-dealkylation sites (N-methyl/N-ethyl adjacent to an activating group) is 1. The van der Waals surface area contributed by atoms with Gasteiger partial charge in [-0.25, -0.2) is 8.42 Å². The molecule has 4 rings (SSSR count). The van der Waals surface area contributed by atoms with Crippen molar-refractivity contribution in [2.45, 2.75) is 50.5 Å². The second-order valence-corrected chi connectivity index (χ2v) is 11.4. The molecule has 2 aliphatic heterocycles. The second kappa shape index (κ2) is 10.1. The smallest absolute Gasteiger partial charge is 0.251 e. The maximum absolute atomic E-state index is 13.1. The van der Waals surface area contributed by atoms with E-state index in [0.29, 0.717) is 30.6 Å². The van der Waals surface area contributed by atoms with Crippen molar-refractivity contribution in [1.29, 1.82) is 0 Å². The van der Waals surface area contributed by atoms with Crippen LogP contribution in [0.5, 0.6) is 5.75 Å². The summed E-state index contributed by atoms with van der Waals surface area (Å²) in [6, 6.07) is 14.6. The van der Waals surface area contributed by atoms with Crippen molar-refractivity contribution in [1.82, 2.24) is 14.5 Å². The maximum Gasteiger partial charge on any atom is 0.251 e. The van der Waals surface area contributed by atoms with E-state index in [2.05, 4.69) is 24.1 Å². The monoisotopic (exact) mass is 485 g/mol. The highest BCUT2D eigenvalue weighted by atomic mass is 32.2. The van der Waals surface area contributed by atoms with E-state index in [-0.39, 0.29) is 23.3 Å². The molecule has 2 aliphatic rings. The van der Waals surface area contributed by atoms with Crippen LogP contribution in [-0.2, 0) is 15.8 Å². The van der Waals surface area contributed by atoms with Crippen molar-refractivity contribution >= 4 is 15.9 Å². The fourth-order valence-electron chi connectivity index (χ4n) is 4.79. The molecule has 0 saturated carbocycles. The van der Waals surface area contributed by atoms with Crippen molar-refractivity contribution in [2.24, 2.45) is 0 Å². The number of nitrogens with zero attached hydrogens (tertiary/aromatic N) is 2. The van der Waals surface area contributed by atoms with E-state index in [9.17, 15) is 13.2 Å². The zero-order valence-corrected chi connectivity index (χ0v) is 21.1. The number of nitrogens with one attached hydrogen (secondary N) is 1. The molecule has 2 aromatic carbocycles. The number of carbonyl (C=O) groups is 1. The Kier molecular flexibility index (Phi) is 7.31. The van der Waals surface area contributed by atoms with E-state index in [0.717, 1.165) is 37.2 Å². The zero-order valence-electron chi connectivity index (χ0n) is 20.3. The molecule has 2 heterocycles. The van der Waals surface area contributed by atoms with Crippen LogP contribution in [0.4, 0.5) is 0 Å². The number of piperazine rings is 1. The third kappa shape index (κ3) is 5.29. The van der Waals surface area contributed by atoms with Crippen LogP contribution in [0.3, 0.4) is 0 Å². The summed E-state index contributed by atoms with van der Waals surface area (Å²) in [4.78, 5) is 15.2. The van der Waals surface area contributed by atoms with Crippen LogP contribution in [0.2, 0.25) is 0 Å². The fourth-order valence-corrected chi connectivity index (χ4v) is 6.31. The summed E-state index contributed by atoms with van der Waals surface area (Å²) >= 11 is 0. The minimum Gasteiger partial charge on any atom is -0.487 e. The number of benzene rings is 2. The first-order chi connectivity index (χ1) is 16.2. The van der Waals surface area contributed by atoms with Crippen molar-refractivity contribution in [3.63, 3.8) is 0 Å². The van der Waals surface area contributed by atoms with Gasteiger partial charge in [-0.05, 0) is 43.7 Å². The maximum atomic E-state index is 13.1. The summed E-state index contributed by atoms with van der Waals surface area (Å²) in [5, 5.41) is 3.19. The van der Waals surface area contributed by atoms with Crippen LogP contribution in [0, 0.1) is 0 Å². The molecule has 1 saturated heterocycles. The Hall–Kier alpha value is -2.42. The Bertz CT molecular complexity index is 1110. The Morgan fingerprint density at radius 1 is 1.03 bits per heavy atom. The lowest BCUT2D eigenvalue weighted by Crippen LogP contribution is -2.47. The Morgan fingerprint density at radius 3 is 2.32 bits per heavy atom. The third-order valence-electron chi connectivity index (χ3n) is 7.21. The van der Waals surface area contributed by atoms with Gasteiger partial charge in [-0.2, -0.15) is 4.31 Å². The lowest BCUT2D eigenvalue weighted by molar-refractivity contribution is 0.0227. The Balaban J connectivity index is 1.45. The first-order valence-electron chi connectivity index (χ1n) is 12.1. The molecule has 1 atom stereocenters. The van der Waals surface area contributed by atoms with Gasteiger partial charge >= 0.3 is 0 Å². The fraction of sp³-hybridized carbons (Fsp3) is 0.500. The number of ether oxygens (including phenoxy) is 1. The molecule has 1 N–H and O–H groups in total. The summed E-state index contributed by atoms with van der Waals surface area (Å²) in [5.41, 5.74) is 1.89. The zero-order chi connectivity index (χ0) is 24.3. The van der Waals surface area contributed by atoms with E-state index >= 15 is 0 Å². The number of carbonyl (C=O) groups excluding carboxylic acids is 1. The lowest BCUT2D eigenvalue weighted by Gasteiger charge is -2.41. The number of sulfonamides is 1. The molecule has 0 radical (unpaired) electrons. The third-order valence-corrected chi connectivity index (χ3v) is 9.06. The predicted molar refractivity (Wildman–Crippen MR) is 133 cm³/mol. The quantitative estimate of drug-likeness (QED) is 0.649. The highest BCUT2D eigenvalue weighted by molar-refractivity contribution is 7.88. The number of para-hydroxylation sites is 1. The Labute approximate surface area is 203 Å². The first kappa shape index (κ1) is 24.7. The standard InChI is InChI=1S/C26H35N3O4S/c1-4-26(5-2)18-23(22-8-6-7-9-24(22)33-26)27-25(30)21-12-10-20(11-13-21)19-34(31,32)29-16-14-28(3)15-17-29/h6-13,23H,4-5,14-19H2,1-3H3,(H,27,30). The summed E-state index contributed by atoms with van der Waals surface area (Å²) in [6.45, 7) is 6.75. The molecular weight excluding hydrogens is 450 g/mol. The number of hydrogen-bond acceptors (Lipinski definition) is 5. The van der Waals surface area contributed by atoms with Gasteiger partial charge in [0.15, 0.2) is 0 Å². The number of rotatable bonds is 7. The molecule has 0 spiro atoms. The molecular formula is C26H35N3O4S. The normalized spacial score (nSPS) is 20.9. The summed E-state index contributed by atoms with van der Waals surface area (Å²) < 4.78 is 33.5. The van der Waals surface area contributed by atoms with Crippen LogP contribution in [0.1, 0.15) is 60.6 Å². The van der Waals surface area contributed by atoms with Crippen molar-refractivity contribution in [2.75, 3.05) is 33.2 Å². The van der Waals surface area contributed by atoms with Gasteiger partial charge in [0.1, 0.15) is 11.4 Å². The molecule has 2 aromatic rings. The summed E-state index contributed by atoms with van der Waals surface area (Å²) in [5.74, 6) is 0.602. The van der Waals surface area contributed by atoms with Gasteiger partial charge in [-0.3, -0.25) is 4.79 Å². The molecule has 0 aliphatic carbocycles. The van der Waals surface area contributed by atoms with Crippen LogP contribution in [0.15, 0.2) is 48.5 Å². The second-order valence-electron chi connectivity index (χ2n) is 9.42. The van der Waals surface area contributed by atoms with E-state index in [1.807, 2.05) is 31.3 Å². The Morgan fingerprint density at radius 2 is 1.68 bits per heavy atom. The van der Waals surface area contributed by atoms with Crippen LogP contribution in [0.25, 0.3) is 0 Å². The largest absolute Gasteiger partial charge is 0.487 e. The van der Waals surface area contributed by atoms with Crippen molar-refractivity contribution in [3.8, 4) is 5.75 Å². The summed E-state index contributed by atoms with van der Waals surface area (Å²) in [7, 11) is -1.38. The van der Waals surface area contributed by atoms with Crippen LogP contribution >= 0.6 is 0 Å². The van der Waals surface area contributed by atoms with E-state index in [4.69, 9.17) is 4.74 Å². The van der Waals surface area contributed by atoms with Crippen LogP contribution in [-0.4, -0.2) is 62.4 Å². The van der Waals surface area contributed by atoms with Gasteiger partial charge in [0.25, 0.3) is 5.91 Å². The molecule has 184 valence electrons. The molecule has 7 nitrogen and oxygen atoms in total. The van der Waals surface area contributed by atoms with E-state index < -0.39 is 10.0 Å². The number of amides is 1. The van der Waals surface area contributed by atoms with Gasteiger partial charge < -0.3 is 15.0 Å². The van der Waals surface area contributed by atoms with Crippen molar-refractivity contribution < 1.29 is 17.9 Å². The van der Waals surface area contributed by atoms with Gasteiger partial charge in [-0.15, -0.1) is 0 Å². The molecule has 1 amide bonds. The van der Waals surface area contributed by atoms with Gasteiger partial charge in [0, 0.05) is 43.7 Å². The SMILES string of the molecule is CCC1(CC)CC(NC(=O)c2ccc(CS(=O)(=O)N3CCN(C)CC3)cc2)c2ccccc2O1. The van der Waals surface area contributed by atoms with E-state index in [1.165, 1.54) is 0 Å². The van der Waals surface area contributed by atoms with Gasteiger partial charge in [0.05, 0.1) is 11.8 Å². The predicted octanol–water partition coefficient (Wildman–Crippen LogP) is 3.58. The van der Waals surface area contributed by atoms with Gasteiger partial charge in [0.2, 0.25) is 10.0 Å². The summed E-state index contributed by atoms with van der Waals surface area (Å²) in [6.07, 6.45) is 2.44. The van der Waals surface area contributed by atoms with E-state index in [1.54, 1.807) is 28.6 Å². The highest BCUT2D eigenvalue weighted by Gasteiger charge is 2.39. The minimum absolute atomic E-state index is 0.0541. The average Bonchev–Trinajstić information content (AvgIpc) is 2.84. The van der Waals surface area contributed by atoms with Crippen molar-refractivity contribution in [3.05, 3.63) is 65.2 Å². The molecule has 1 fully saturated rings. The van der Waals surface area contributed by atoms with Crippen LogP contribution < -0.4 is 10.1 Å².